The first kappa shape index (κ1) is 21.0. The van der Waals surface area contributed by atoms with E-state index in [0.29, 0.717) is 35.8 Å². The molecule has 10 heteroatoms. The summed E-state index contributed by atoms with van der Waals surface area (Å²) < 4.78 is 43.0. The van der Waals surface area contributed by atoms with Gasteiger partial charge in [-0.25, -0.2) is 8.42 Å². The van der Waals surface area contributed by atoms with E-state index in [1.807, 2.05) is 0 Å². The van der Waals surface area contributed by atoms with Crippen molar-refractivity contribution in [2.75, 3.05) is 19.9 Å². The van der Waals surface area contributed by atoms with E-state index in [-0.39, 0.29) is 43.3 Å². The van der Waals surface area contributed by atoms with Gasteiger partial charge >= 0.3 is 5.97 Å². The molecule has 0 saturated carbocycles. The summed E-state index contributed by atoms with van der Waals surface area (Å²) in [5.74, 6) is -0.0744. The van der Waals surface area contributed by atoms with Gasteiger partial charge in [0.25, 0.3) is 0 Å². The number of esters is 1. The predicted octanol–water partition coefficient (Wildman–Crippen LogP) is 2.75. The summed E-state index contributed by atoms with van der Waals surface area (Å²) in [7, 11) is -3.61. The number of fused-ring (bicyclic) bond motifs is 1. The van der Waals surface area contributed by atoms with Gasteiger partial charge < -0.3 is 14.2 Å². The molecule has 1 aromatic heterocycles. The lowest BCUT2D eigenvalue weighted by atomic mass is 9.98. The van der Waals surface area contributed by atoms with Crippen molar-refractivity contribution in [3.63, 3.8) is 0 Å². The number of carbonyl (C=O) groups excluding carboxylic acids is 1. The van der Waals surface area contributed by atoms with Gasteiger partial charge in [0, 0.05) is 41.6 Å². The van der Waals surface area contributed by atoms with Crippen LogP contribution in [-0.2, 0) is 37.5 Å². The highest BCUT2D eigenvalue weighted by Crippen LogP contribution is 2.32. The Hall–Kier alpha value is -2.20. The lowest BCUT2D eigenvalue weighted by Crippen LogP contribution is -2.40. The summed E-state index contributed by atoms with van der Waals surface area (Å²) in [6.07, 6.45) is 3.65. The fourth-order valence-corrected chi connectivity index (χ4v) is 5.31. The Labute approximate surface area is 179 Å². The molecule has 3 heterocycles. The van der Waals surface area contributed by atoms with Crippen LogP contribution in [0.5, 0.6) is 5.75 Å². The van der Waals surface area contributed by atoms with Crippen molar-refractivity contribution in [3.05, 3.63) is 52.8 Å². The molecule has 1 saturated heterocycles. The van der Waals surface area contributed by atoms with Crippen LogP contribution in [0.3, 0.4) is 0 Å². The topological polar surface area (TPSA) is 95.0 Å². The second-order valence-corrected chi connectivity index (χ2v) is 9.51. The molecular weight excluding hydrogens is 432 g/mol. The maximum atomic E-state index is 12.7. The molecule has 2 aliphatic rings. The van der Waals surface area contributed by atoms with Crippen LogP contribution in [0.4, 0.5) is 0 Å². The molecule has 0 unspecified atom stereocenters. The zero-order chi connectivity index (χ0) is 21.1. The van der Waals surface area contributed by atoms with Crippen LogP contribution >= 0.6 is 11.6 Å². The highest BCUT2D eigenvalue weighted by atomic mass is 35.5. The Bertz CT molecular complexity index is 1020. The SMILES string of the molecule is O=C(OCc1cc(Cl)cc2c1OCOC2)C1CCN(S(=O)(=O)c2cccnc2)CC1. The van der Waals surface area contributed by atoms with Crippen LogP contribution in [-0.4, -0.2) is 43.6 Å². The van der Waals surface area contributed by atoms with Crippen molar-refractivity contribution >= 4 is 27.6 Å². The number of pyridine rings is 1. The first-order valence-corrected chi connectivity index (χ1v) is 11.4. The molecule has 0 bridgehead atoms. The highest BCUT2D eigenvalue weighted by molar-refractivity contribution is 7.89. The number of carbonyl (C=O) groups is 1. The molecule has 8 nitrogen and oxygen atoms in total. The lowest BCUT2D eigenvalue weighted by Gasteiger charge is -2.30. The Morgan fingerprint density at radius 1 is 1.30 bits per heavy atom. The number of ether oxygens (including phenoxy) is 3. The number of piperidine rings is 1. The minimum absolute atomic E-state index is 0.0376. The van der Waals surface area contributed by atoms with Gasteiger partial charge in [-0.1, -0.05) is 11.6 Å². The smallest absolute Gasteiger partial charge is 0.309 e. The van der Waals surface area contributed by atoms with Gasteiger partial charge in [0.15, 0.2) is 6.79 Å². The molecule has 160 valence electrons. The molecule has 0 atom stereocenters. The van der Waals surface area contributed by atoms with E-state index in [0.717, 1.165) is 5.56 Å². The van der Waals surface area contributed by atoms with Crippen molar-refractivity contribution < 1.29 is 27.4 Å². The van der Waals surface area contributed by atoms with Crippen LogP contribution in [0.15, 0.2) is 41.6 Å². The monoisotopic (exact) mass is 452 g/mol. The van der Waals surface area contributed by atoms with Crippen LogP contribution in [0.2, 0.25) is 5.02 Å². The summed E-state index contributed by atoms with van der Waals surface area (Å²) in [6.45, 7) is 1.07. The van der Waals surface area contributed by atoms with E-state index in [1.165, 1.54) is 22.8 Å². The largest absolute Gasteiger partial charge is 0.467 e. The molecule has 2 aliphatic heterocycles. The van der Waals surface area contributed by atoms with Gasteiger partial charge in [-0.3, -0.25) is 9.78 Å². The molecule has 30 heavy (non-hydrogen) atoms. The summed E-state index contributed by atoms with van der Waals surface area (Å²) >= 11 is 6.14. The normalized spacial score (nSPS) is 17.8. The molecule has 0 spiro atoms. The number of aromatic nitrogens is 1. The number of halogens is 1. The number of hydrogen-bond acceptors (Lipinski definition) is 7. The maximum absolute atomic E-state index is 12.7. The van der Waals surface area contributed by atoms with Gasteiger partial charge in [0.2, 0.25) is 10.0 Å². The first-order chi connectivity index (χ1) is 14.4. The zero-order valence-corrected chi connectivity index (χ0v) is 17.7. The van der Waals surface area contributed by atoms with Crippen LogP contribution in [0.25, 0.3) is 0 Å². The summed E-state index contributed by atoms with van der Waals surface area (Å²) in [5.41, 5.74) is 1.50. The molecule has 0 aliphatic carbocycles. The van der Waals surface area contributed by atoms with Crippen molar-refractivity contribution in [1.29, 1.82) is 0 Å². The molecular formula is C20H21ClN2O6S. The van der Waals surface area contributed by atoms with Crippen LogP contribution in [0, 0.1) is 5.92 Å². The van der Waals surface area contributed by atoms with Gasteiger partial charge in [-0.2, -0.15) is 4.31 Å². The Kier molecular flexibility index (Phi) is 6.24. The van der Waals surface area contributed by atoms with Gasteiger partial charge in [0.1, 0.15) is 17.3 Å². The fourth-order valence-electron chi connectivity index (χ4n) is 3.61. The summed E-state index contributed by atoms with van der Waals surface area (Å²) in [5, 5.41) is 0.516. The number of sulfonamides is 1. The van der Waals surface area contributed by atoms with E-state index < -0.39 is 10.0 Å². The third-order valence-electron chi connectivity index (χ3n) is 5.18. The Morgan fingerprint density at radius 2 is 2.10 bits per heavy atom. The van der Waals surface area contributed by atoms with Crippen molar-refractivity contribution in [3.8, 4) is 5.75 Å². The molecule has 4 rings (SSSR count). The van der Waals surface area contributed by atoms with E-state index >= 15 is 0 Å². The quantitative estimate of drug-likeness (QED) is 0.643. The Morgan fingerprint density at radius 3 is 2.83 bits per heavy atom. The van der Waals surface area contributed by atoms with E-state index in [4.69, 9.17) is 25.8 Å². The average molecular weight is 453 g/mol. The molecule has 2 aromatic rings. The number of rotatable bonds is 5. The van der Waals surface area contributed by atoms with Gasteiger partial charge in [-0.05, 0) is 37.1 Å². The van der Waals surface area contributed by atoms with Crippen molar-refractivity contribution in [2.24, 2.45) is 5.92 Å². The number of nitrogens with zero attached hydrogens (tertiary/aromatic N) is 2. The van der Waals surface area contributed by atoms with Gasteiger partial charge in [-0.15, -0.1) is 0 Å². The molecule has 0 radical (unpaired) electrons. The van der Waals surface area contributed by atoms with E-state index in [1.54, 1.807) is 18.2 Å². The second-order valence-electron chi connectivity index (χ2n) is 7.14. The lowest BCUT2D eigenvalue weighted by molar-refractivity contribution is -0.151. The van der Waals surface area contributed by atoms with Crippen molar-refractivity contribution in [1.82, 2.24) is 9.29 Å². The second kappa shape index (κ2) is 8.89. The standard InChI is InChI=1S/C20H21ClN2O6S/c21-17-8-15-11-27-13-29-19(15)16(9-17)12-28-20(24)14-3-6-23(7-4-14)30(25,26)18-2-1-5-22-10-18/h1-2,5,8-10,14H,3-4,6-7,11-13H2. The zero-order valence-electron chi connectivity index (χ0n) is 16.1. The average Bonchev–Trinajstić information content (AvgIpc) is 2.77. The van der Waals surface area contributed by atoms with Gasteiger partial charge in [0.05, 0.1) is 12.5 Å². The molecule has 1 aromatic carbocycles. The third kappa shape index (κ3) is 4.44. The maximum Gasteiger partial charge on any atom is 0.309 e. The molecule has 0 amide bonds. The summed E-state index contributed by atoms with van der Waals surface area (Å²) in [6, 6.07) is 6.57. The number of hydrogen-bond donors (Lipinski definition) is 0. The minimum atomic E-state index is -3.61. The summed E-state index contributed by atoms with van der Waals surface area (Å²) in [4.78, 5) is 16.6. The van der Waals surface area contributed by atoms with E-state index in [2.05, 4.69) is 4.98 Å². The minimum Gasteiger partial charge on any atom is -0.467 e. The van der Waals surface area contributed by atoms with Crippen molar-refractivity contribution in [2.45, 2.75) is 31.0 Å². The van der Waals surface area contributed by atoms with E-state index in [9.17, 15) is 13.2 Å². The fraction of sp³-hybridized carbons (Fsp3) is 0.400. The molecule has 1 fully saturated rings. The predicted molar refractivity (Wildman–Crippen MR) is 107 cm³/mol. The van der Waals surface area contributed by atoms with Crippen LogP contribution < -0.4 is 4.74 Å². The third-order valence-corrected chi connectivity index (χ3v) is 7.28. The highest BCUT2D eigenvalue weighted by Gasteiger charge is 2.33. The first-order valence-electron chi connectivity index (χ1n) is 9.54. The molecule has 0 N–H and O–H groups in total. The van der Waals surface area contributed by atoms with Crippen LogP contribution in [0.1, 0.15) is 24.0 Å². The number of benzene rings is 1. The Balaban J connectivity index is 1.35.